The average Bonchev–Trinajstić information content (AvgIpc) is 2.34. The summed E-state index contributed by atoms with van der Waals surface area (Å²) in [5, 5.41) is 0. The largest absolute Gasteiger partial charge is 0.144 e. The van der Waals surface area contributed by atoms with Gasteiger partial charge in [0, 0.05) is 9.75 Å². The fraction of sp³-hybridized carbons (Fsp3) is 0.333. The van der Waals surface area contributed by atoms with Gasteiger partial charge in [-0.05, 0) is 26.0 Å². The predicted molar refractivity (Wildman–Crippen MR) is 46.3 cm³/mol. The van der Waals surface area contributed by atoms with Crippen molar-refractivity contribution in [1.29, 1.82) is 0 Å². The summed E-state index contributed by atoms with van der Waals surface area (Å²) in [5.74, 6) is 2.98. The molecule has 1 atom stereocenters. The minimum Gasteiger partial charge on any atom is -0.144 e. The van der Waals surface area contributed by atoms with E-state index in [0.29, 0.717) is 0 Å². The third kappa shape index (κ3) is 1.40. The van der Waals surface area contributed by atoms with E-state index < -0.39 is 0 Å². The Labute approximate surface area is 65.9 Å². The maximum atomic E-state index is 5.27. The van der Waals surface area contributed by atoms with Crippen molar-refractivity contribution in [2.75, 3.05) is 0 Å². The first kappa shape index (κ1) is 7.37. The molecule has 0 radical (unpaired) electrons. The van der Waals surface area contributed by atoms with Crippen LogP contribution in [0.5, 0.6) is 0 Å². The monoisotopic (exact) mass is 150 g/mol. The van der Waals surface area contributed by atoms with Gasteiger partial charge in [-0.25, -0.2) is 0 Å². The Morgan fingerprint density at radius 3 is 2.70 bits per heavy atom. The molecule has 1 heterocycles. The zero-order valence-electron chi connectivity index (χ0n) is 6.22. The normalized spacial score (nSPS) is 12.5. The number of aryl methyl sites for hydroxylation is 1. The van der Waals surface area contributed by atoms with Gasteiger partial charge in [0.1, 0.15) is 0 Å². The molecular formula is C9H10S. The van der Waals surface area contributed by atoms with Gasteiger partial charge in [0.25, 0.3) is 0 Å². The summed E-state index contributed by atoms with van der Waals surface area (Å²) in [6, 6.07) is 4.21. The summed E-state index contributed by atoms with van der Waals surface area (Å²) in [6.07, 6.45) is 5.27. The standard InChI is InChI=1S/C9H10S/c1-4-7(2)9-6-5-8(3)10-9/h1,5-7H,2-3H3. The Hall–Kier alpha value is -0.740. The molecule has 10 heavy (non-hydrogen) atoms. The van der Waals surface area contributed by atoms with Crippen molar-refractivity contribution in [3.05, 3.63) is 21.9 Å². The zero-order valence-corrected chi connectivity index (χ0v) is 7.03. The molecule has 0 bridgehead atoms. The maximum absolute atomic E-state index is 5.27. The van der Waals surface area contributed by atoms with Crippen molar-refractivity contribution in [3.63, 3.8) is 0 Å². The third-order valence-electron chi connectivity index (χ3n) is 1.44. The molecule has 0 spiro atoms. The van der Waals surface area contributed by atoms with Crippen LogP contribution in [0.1, 0.15) is 22.6 Å². The van der Waals surface area contributed by atoms with Crippen LogP contribution >= 0.6 is 11.3 Å². The summed E-state index contributed by atoms with van der Waals surface area (Å²) >= 11 is 1.78. The molecule has 0 aromatic carbocycles. The van der Waals surface area contributed by atoms with Crippen molar-refractivity contribution in [1.82, 2.24) is 0 Å². The summed E-state index contributed by atoms with van der Waals surface area (Å²) in [5.41, 5.74) is 0. The molecule has 0 saturated carbocycles. The lowest BCUT2D eigenvalue weighted by molar-refractivity contribution is 1.04. The van der Waals surface area contributed by atoms with Crippen LogP contribution in [-0.4, -0.2) is 0 Å². The van der Waals surface area contributed by atoms with Crippen LogP contribution in [0.2, 0.25) is 0 Å². The van der Waals surface area contributed by atoms with E-state index in [1.165, 1.54) is 9.75 Å². The Morgan fingerprint density at radius 2 is 2.30 bits per heavy atom. The lowest BCUT2D eigenvalue weighted by Gasteiger charge is -1.95. The van der Waals surface area contributed by atoms with Gasteiger partial charge in [-0.3, -0.25) is 0 Å². The zero-order chi connectivity index (χ0) is 7.56. The second kappa shape index (κ2) is 2.90. The van der Waals surface area contributed by atoms with Crippen molar-refractivity contribution >= 4 is 11.3 Å². The van der Waals surface area contributed by atoms with Crippen LogP contribution < -0.4 is 0 Å². The van der Waals surface area contributed by atoms with Gasteiger partial charge in [0.2, 0.25) is 0 Å². The van der Waals surface area contributed by atoms with E-state index in [1.807, 2.05) is 6.92 Å². The molecule has 52 valence electrons. The van der Waals surface area contributed by atoms with Crippen LogP contribution in [0, 0.1) is 19.3 Å². The minimum absolute atomic E-state index is 0.277. The summed E-state index contributed by atoms with van der Waals surface area (Å²) in [4.78, 5) is 2.62. The number of hydrogen-bond acceptors (Lipinski definition) is 1. The molecular weight excluding hydrogens is 140 g/mol. The summed E-state index contributed by atoms with van der Waals surface area (Å²) in [7, 11) is 0. The second-order valence-electron chi connectivity index (χ2n) is 2.34. The lowest BCUT2D eigenvalue weighted by Crippen LogP contribution is -1.81. The van der Waals surface area contributed by atoms with Gasteiger partial charge in [0.05, 0.1) is 5.92 Å². The van der Waals surface area contributed by atoms with E-state index in [0.717, 1.165) is 0 Å². The number of thiophene rings is 1. The molecule has 0 fully saturated rings. The smallest absolute Gasteiger partial charge is 0.0515 e. The lowest BCUT2D eigenvalue weighted by atomic mass is 10.1. The molecule has 0 aliphatic heterocycles. The Bertz CT molecular complexity index is 252. The predicted octanol–water partition coefficient (Wildman–Crippen LogP) is 2.79. The van der Waals surface area contributed by atoms with Gasteiger partial charge in [-0.15, -0.1) is 17.8 Å². The van der Waals surface area contributed by atoms with Crippen LogP contribution in [0.25, 0.3) is 0 Å². The molecule has 1 aromatic rings. The molecule has 0 saturated heterocycles. The Balaban J connectivity index is 2.87. The van der Waals surface area contributed by atoms with E-state index in [2.05, 4.69) is 25.0 Å². The molecule has 0 aliphatic carbocycles. The highest BCUT2D eigenvalue weighted by Gasteiger charge is 2.02. The van der Waals surface area contributed by atoms with Gasteiger partial charge < -0.3 is 0 Å². The van der Waals surface area contributed by atoms with Crippen molar-refractivity contribution in [2.45, 2.75) is 19.8 Å². The average molecular weight is 150 g/mol. The van der Waals surface area contributed by atoms with Crippen LogP contribution in [-0.2, 0) is 0 Å². The molecule has 1 unspecified atom stereocenters. The highest BCUT2D eigenvalue weighted by atomic mass is 32.1. The first-order valence-electron chi connectivity index (χ1n) is 3.26. The molecule has 0 N–H and O–H groups in total. The third-order valence-corrected chi connectivity index (χ3v) is 2.62. The number of rotatable bonds is 1. The van der Waals surface area contributed by atoms with E-state index in [-0.39, 0.29) is 5.92 Å². The van der Waals surface area contributed by atoms with Crippen molar-refractivity contribution in [2.24, 2.45) is 0 Å². The number of terminal acetylenes is 1. The molecule has 0 nitrogen and oxygen atoms in total. The quantitative estimate of drug-likeness (QED) is 0.540. The first-order chi connectivity index (χ1) is 4.74. The highest BCUT2D eigenvalue weighted by molar-refractivity contribution is 7.12. The first-order valence-corrected chi connectivity index (χ1v) is 4.08. The molecule has 1 rings (SSSR count). The van der Waals surface area contributed by atoms with Gasteiger partial charge in [-0.1, -0.05) is 5.92 Å². The molecule has 0 amide bonds. The Kier molecular flexibility index (Phi) is 2.13. The van der Waals surface area contributed by atoms with E-state index in [1.54, 1.807) is 11.3 Å². The van der Waals surface area contributed by atoms with E-state index in [4.69, 9.17) is 6.42 Å². The van der Waals surface area contributed by atoms with E-state index >= 15 is 0 Å². The van der Waals surface area contributed by atoms with Gasteiger partial charge in [0.15, 0.2) is 0 Å². The Morgan fingerprint density at radius 1 is 1.60 bits per heavy atom. The van der Waals surface area contributed by atoms with Gasteiger partial charge >= 0.3 is 0 Å². The second-order valence-corrected chi connectivity index (χ2v) is 3.66. The summed E-state index contributed by atoms with van der Waals surface area (Å²) < 4.78 is 0. The van der Waals surface area contributed by atoms with Crippen molar-refractivity contribution < 1.29 is 0 Å². The number of hydrogen-bond donors (Lipinski definition) is 0. The van der Waals surface area contributed by atoms with E-state index in [9.17, 15) is 0 Å². The highest BCUT2D eigenvalue weighted by Crippen LogP contribution is 2.22. The SMILES string of the molecule is C#CC(C)c1ccc(C)s1. The van der Waals surface area contributed by atoms with Crippen LogP contribution in [0.15, 0.2) is 12.1 Å². The fourth-order valence-electron chi connectivity index (χ4n) is 0.768. The van der Waals surface area contributed by atoms with Gasteiger partial charge in [-0.2, -0.15) is 0 Å². The van der Waals surface area contributed by atoms with Crippen LogP contribution in [0.4, 0.5) is 0 Å². The van der Waals surface area contributed by atoms with Crippen molar-refractivity contribution in [3.8, 4) is 12.3 Å². The summed E-state index contributed by atoms with van der Waals surface area (Å²) in [6.45, 7) is 4.14. The minimum atomic E-state index is 0.277. The topological polar surface area (TPSA) is 0 Å². The molecule has 1 aromatic heterocycles. The van der Waals surface area contributed by atoms with Crippen LogP contribution in [0.3, 0.4) is 0 Å². The maximum Gasteiger partial charge on any atom is 0.0515 e. The fourth-order valence-corrected chi connectivity index (χ4v) is 1.66. The molecule has 0 aliphatic rings. The molecule has 1 heteroatoms.